The zero-order valence-corrected chi connectivity index (χ0v) is 9.05. The molecule has 4 nitrogen and oxygen atoms in total. The molecule has 0 bridgehead atoms. The lowest BCUT2D eigenvalue weighted by atomic mass is 9.66. The molecule has 3 N–H and O–H groups in total. The minimum atomic E-state index is -0.406. The van der Waals surface area contributed by atoms with Gasteiger partial charge in [-0.3, -0.25) is 0 Å². The van der Waals surface area contributed by atoms with E-state index in [0.29, 0.717) is 12.2 Å². The minimum absolute atomic E-state index is 0.0104. The predicted octanol–water partition coefficient (Wildman–Crippen LogP) is 0.884. The van der Waals surface area contributed by atoms with Crippen LogP contribution in [0.2, 0.25) is 0 Å². The fraction of sp³-hybridized carbons (Fsp3) is 0.455. The summed E-state index contributed by atoms with van der Waals surface area (Å²) in [6.07, 6.45) is 0. The summed E-state index contributed by atoms with van der Waals surface area (Å²) in [6.45, 7) is 2.36. The van der Waals surface area contributed by atoms with Gasteiger partial charge < -0.3 is 20.1 Å². The summed E-state index contributed by atoms with van der Waals surface area (Å²) in [5.41, 5.74) is 1.52. The van der Waals surface area contributed by atoms with E-state index < -0.39 is 6.00 Å². The Labute approximate surface area is 94.7 Å². The smallest absolute Gasteiger partial charge is 0.189 e. The Morgan fingerprint density at radius 3 is 2.88 bits per heavy atom. The summed E-state index contributed by atoms with van der Waals surface area (Å²) >= 11 is 0. The first-order valence-corrected chi connectivity index (χ1v) is 5.25. The van der Waals surface area contributed by atoms with E-state index in [0.717, 1.165) is 5.56 Å². The zero-order valence-electron chi connectivity index (χ0n) is 9.05. The fourth-order valence-corrected chi connectivity index (χ4v) is 2.06. The van der Waals surface area contributed by atoms with Crippen LogP contribution in [0.15, 0.2) is 12.1 Å². The van der Waals surface area contributed by atoms with Gasteiger partial charge in [0.05, 0.1) is 12.6 Å². The Kier molecular flexibility index (Phi) is 3.07. The highest BCUT2D eigenvalue weighted by Crippen LogP contribution is 2.40. The summed E-state index contributed by atoms with van der Waals surface area (Å²) < 4.78 is 5.52. The summed E-state index contributed by atoms with van der Waals surface area (Å²) in [4.78, 5) is 0. The van der Waals surface area contributed by atoms with Gasteiger partial charge >= 0.3 is 0 Å². The highest BCUT2D eigenvalue weighted by atomic mass is 16.5. The van der Waals surface area contributed by atoms with Crippen LogP contribution in [-0.2, 0) is 4.74 Å². The van der Waals surface area contributed by atoms with Gasteiger partial charge in [0.15, 0.2) is 7.28 Å². The first-order chi connectivity index (χ1) is 7.63. The van der Waals surface area contributed by atoms with E-state index >= 15 is 0 Å². The van der Waals surface area contributed by atoms with Gasteiger partial charge in [-0.05, 0) is 11.6 Å². The number of benzene rings is 1. The van der Waals surface area contributed by atoms with Crippen LogP contribution in [0, 0.1) is 0 Å². The lowest BCUT2D eigenvalue weighted by Gasteiger charge is -2.30. The Morgan fingerprint density at radius 1 is 1.44 bits per heavy atom. The molecular weight excluding hydrogens is 207 g/mol. The second kappa shape index (κ2) is 4.35. The first-order valence-electron chi connectivity index (χ1n) is 5.25. The van der Waals surface area contributed by atoms with Crippen LogP contribution in [0.25, 0.3) is 0 Å². The molecule has 2 atom stereocenters. The van der Waals surface area contributed by atoms with E-state index in [2.05, 4.69) is 0 Å². The van der Waals surface area contributed by atoms with Crippen molar-refractivity contribution in [2.24, 2.45) is 0 Å². The quantitative estimate of drug-likeness (QED) is 0.648. The average Bonchev–Trinajstić information content (AvgIpc) is 2.22. The molecular formula is C11H14BO4. The lowest BCUT2D eigenvalue weighted by Crippen LogP contribution is -2.25. The Bertz CT molecular complexity index is 394. The van der Waals surface area contributed by atoms with Crippen molar-refractivity contribution in [3.8, 4) is 11.5 Å². The molecule has 16 heavy (non-hydrogen) atoms. The van der Waals surface area contributed by atoms with Crippen molar-refractivity contribution in [1.29, 1.82) is 0 Å². The van der Waals surface area contributed by atoms with Gasteiger partial charge in [0.25, 0.3) is 0 Å². The molecule has 1 radical (unpaired) electrons. The van der Waals surface area contributed by atoms with Crippen LogP contribution in [-0.4, -0.2) is 35.7 Å². The number of phenols is 2. The second-order valence-electron chi connectivity index (χ2n) is 4.04. The lowest BCUT2D eigenvalue weighted by molar-refractivity contribution is 0.0761. The number of hydrogen-bond acceptors (Lipinski definition) is 4. The van der Waals surface area contributed by atoms with E-state index in [9.17, 15) is 10.2 Å². The maximum Gasteiger partial charge on any atom is 0.189 e. The minimum Gasteiger partial charge on any atom is -0.508 e. The number of aromatic hydroxyl groups is 2. The number of hydrogen-bond donors (Lipinski definition) is 3. The molecule has 1 aromatic rings. The largest absolute Gasteiger partial charge is 0.508 e. The number of ether oxygens (including phenoxy) is 1. The molecule has 2 rings (SSSR count). The number of fused-ring (bicyclic) bond motifs is 1. The maximum absolute atomic E-state index is 9.81. The van der Waals surface area contributed by atoms with E-state index in [4.69, 9.17) is 9.84 Å². The normalized spacial score (nSPS) is 23.9. The summed E-state index contributed by atoms with van der Waals surface area (Å²) in [6, 6.07) is 2.52. The van der Waals surface area contributed by atoms with Crippen LogP contribution in [0.4, 0.5) is 0 Å². The van der Waals surface area contributed by atoms with Gasteiger partial charge in [-0.2, -0.15) is 0 Å². The summed E-state index contributed by atoms with van der Waals surface area (Å²) in [7, 11) is 1.58. The molecule has 2 unspecified atom stereocenters. The molecule has 0 amide bonds. The van der Waals surface area contributed by atoms with E-state index in [1.54, 1.807) is 13.3 Å². The van der Waals surface area contributed by atoms with Crippen LogP contribution < -0.4 is 0 Å². The van der Waals surface area contributed by atoms with Gasteiger partial charge in [0.1, 0.15) is 11.5 Å². The van der Waals surface area contributed by atoms with Gasteiger partial charge in [-0.25, -0.2) is 0 Å². The molecule has 1 aliphatic heterocycles. The average molecular weight is 221 g/mol. The van der Waals surface area contributed by atoms with Crippen molar-refractivity contribution in [2.75, 3.05) is 13.1 Å². The van der Waals surface area contributed by atoms with E-state index in [1.807, 2.05) is 6.92 Å². The molecule has 0 saturated heterocycles. The van der Waals surface area contributed by atoms with Crippen molar-refractivity contribution >= 4 is 7.28 Å². The number of rotatable bonds is 2. The summed E-state index contributed by atoms with van der Waals surface area (Å²) in [5.74, 6) is 0.181. The van der Waals surface area contributed by atoms with Gasteiger partial charge in [0.2, 0.25) is 0 Å². The third-order valence-corrected chi connectivity index (χ3v) is 2.84. The van der Waals surface area contributed by atoms with E-state index in [-0.39, 0.29) is 23.9 Å². The molecule has 0 aromatic heterocycles. The predicted molar refractivity (Wildman–Crippen MR) is 59.7 cm³/mol. The molecule has 1 heterocycles. The first kappa shape index (κ1) is 11.3. The number of phenolic OH excluding ortho intramolecular Hbond substituents is 2. The van der Waals surface area contributed by atoms with Crippen LogP contribution in [0.3, 0.4) is 0 Å². The SMILES string of the molecule is CC1COC([B]CO)c2c(O)cc(O)cc21. The summed E-state index contributed by atoms with van der Waals surface area (Å²) in [5, 5.41) is 28.1. The van der Waals surface area contributed by atoms with Crippen molar-refractivity contribution in [3.05, 3.63) is 23.3 Å². The standard InChI is InChI=1S/C11H14BO4/c1-6-4-16-11(12-5-13)10-8(6)2-7(14)3-9(10)15/h2-3,6,11,13-15H,4-5H2,1H3. The highest BCUT2D eigenvalue weighted by molar-refractivity contribution is 6.37. The molecule has 0 aliphatic carbocycles. The third kappa shape index (κ3) is 1.88. The van der Waals surface area contributed by atoms with Gasteiger partial charge in [-0.1, -0.05) is 6.92 Å². The fourth-order valence-electron chi connectivity index (χ4n) is 2.06. The van der Waals surface area contributed by atoms with Crippen LogP contribution in [0.1, 0.15) is 30.0 Å². The molecule has 85 valence electrons. The third-order valence-electron chi connectivity index (χ3n) is 2.84. The van der Waals surface area contributed by atoms with Gasteiger partial charge in [0, 0.05) is 24.1 Å². The van der Waals surface area contributed by atoms with E-state index in [1.165, 1.54) is 6.07 Å². The van der Waals surface area contributed by atoms with Crippen molar-refractivity contribution < 1.29 is 20.1 Å². The number of aliphatic hydroxyl groups is 1. The van der Waals surface area contributed by atoms with Crippen molar-refractivity contribution in [1.82, 2.24) is 0 Å². The van der Waals surface area contributed by atoms with Crippen LogP contribution >= 0.6 is 0 Å². The Hall–Kier alpha value is -1.20. The molecule has 1 aliphatic rings. The molecule has 5 heteroatoms. The highest BCUT2D eigenvalue weighted by Gasteiger charge is 2.28. The molecule has 1 aromatic carbocycles. The maximum atomic E-state index is 9.81. The zero-order chi connectivity index (χ0) is 11.7. The van der Waals surface area contributed by atoms with Gasteiger partial charge in [-0.15, -0.1) is 0 Å². The molecule has 0 fully saturated rings. The second-order valence-corrected chi connectivity index (χ2v) is 4.04. The Morgan fingerprint density at radius 2 is 2.19 bits per heavy atom. The number of aliphatic hydroxyl groups excluding tert-OH is 1. The monoisotopic (exact) mass is 221 g/mol. The molecule has 0 saturated carbocycles. The molecule has 0 spiro atoms. The topological polar surface area (TPSA) is 69.9 Å². The van der Waals surface area contributed by atoms with Crippen LogP contribution in [0.5, 0.6) is 11.5 Å². The Balaban J connectivity index is 2.47. The van der Waals surface area contributed by atoms with Crippen molar-refractivity contribution in [3.63, 3.8) is 0 Å². The van der Waals surface area contributed by atoms with Crippen molar-refractivity contribution in [2.45, 2.75) is 18.8 Å².